The molecule has 0 radical (unpaired) electrons. The van der Waals surface area contributed by atoms with Gasteiger partial charge in [-0.3, -0.25) is 9.69 Å². The van der Waals surface area contributed by atoms with E-state index in [9.17, 15) is 9.90 Å². The molecule has 6 nitrogen and oxygen atoms in total. The molecule has 1 aromatic rings. The molecular formula is C12H20N4O2. The average molecular weight is 252 g/mol. The van der Waals surface area contributed by atoms with Crippen molar-refractivity contribution < 1.29 is 9.90 Å². The van der Waals surface area contributed by atoms with Gasteiger partial charge < -0.3 is 5.11 Å². The van der Waals surface area contributed by atoms with Crippen LogP contribution in [0, 0.1) is 5.41 Å². The van der Waals surface area contributed by atoms with Gasteiger partial charge in [0.05, 0.1) is 12.0 Å². The second kappa shape index (κ2) is 5.06. The molecule has 0 spiro atoms. The number of carboxylic acids is 1. The third-order valence-corrected chi connectivity index (χ3v) is 3.56. The van der Waals surface area contributed by atoms with E-state index in [-0.39, 0.29) is 0 Å². The lowest BCUT2D eigenvalue weighted by molar-refractivity contribution is -0.147. The van der Waals surface area contributed by atoms with Crippen molar-refractivity contribution in [2.24, 2.45) is 5.41 Å². The first-order valence-corrected chi connectivity index (χ1v) is 6.37. The smallest absolute Gasteiger partial charge is 0.310 e. The molecule has 0 saturated carbocycles. The summed E-state index contributed by atoms with van der Waals surface area (Å²) < 4.78 is 1.90. The van der Waals surface area contributed by atoms with E-state index in [1.165, 1.54) is 0 Å². The van der Waals surface area contributed by atoms with Gasteiger partial charge in [-0.25, -0.2) is 9.67 Å². The molecule has 2 heterocycles. The summed E-state index contributed by atoms with van der Waals surface area (Å²) in [4.78, 5) is 17.6. The summed E-state index contributed by atoms with van der Waals surface area (Å²) in [5, 5.41) is 13.4. The molecule has 0 bridgehead atoms. The normalized spacial score (nSPS) is 24.6. The van der Waals surface area contributed by atoms with Crippen LogP contribution >= 0.6 is 0 Å². The molecule has 1 unspecified atom stereocenters. The minimum absolute atomic E-state index is 0.585. The van der Waals surface area contributed by atoms with Crippen molar-refractivity contribution in [3.63, 3.8) is 0 Å². The highest BCUT2D eigenvalue weighted by atomic mass is 16.4. The first-order valence-electron chi connectivity index (χ1n) is 6.37. The zero-order valence-electron chi connectivity index (χ0n) is 11.0. The third kappa shape index (κ3) is 2.53. The van der Waals surface area contributed by atoms with Gasteiger partial charge in [0.2, 0.25) is 0 Å². The van der Waals surface area contributed by atoms with Crippen LogP contribution in [0.25, 0.3) is 0 Å². The predicted octanol–water partition coefficient (Wildman–Crippen LogP) is 0.985. The summed E-state index contributed by atoms with van der Waals surface area (Å²) in [5.74, 6) is 0.214. The van der Waals surface area contributed by atoms with E-state index in [4.69, 9.17) is 0 Å². The molecule has 1 aromatic heterocycles. The van der Waals surface area contributed by atoms with E-state index in [1.807, 2.05) is 11.6 Å². The molecule has 18 heavy (non-hydrogen) atoms. The second-order valence-electron chi connectivity index (χ2n) is 5.23. The molecule has 2 rings (SSSR count). The van der Waals surface area contributed by atoms with Gasteiger partial charge in [0.1, 0.15) is 12.2 Å². The summed E-state index contributed by atoms with van der Waals surface area (Å²) in [6.07, 6.45) is 3.28. The number of carboxylic acid groups (broad SMARTS) is 1. The van der Waals surface area contributed by atoms with Crippen LogP contribution in [0.3, 0.4) is 0 Å². The lowest BCUT2D eigenvalue weighted by Gasteiger charge is -2.19. The van der Waals surface area contributed by atoms with Crippen molar-refractivity contribution in [2.75, 3.05) is 13.1 Å². The lowest BCUT2D eigenvalue weighted by atomic mass is 9.90. The molecule has 0 aromatic carbocycles. The molecule has 1 atom stereocenters. The van der Waals surface area contributed by atoms with Crippen LogP contribution in [0.1, 0.15) is 32.5 Å². The Balaban J connectivity index is 1.99. The standard InChI is InChI=1S/C12H20N4O2/c1-3-5-16-10(13-9-14-16)7-15-6-4-12(2,8-15)11(17)18/h9H,3-8H2,1-2H3,(H,17,18). The SMILES string of the molecule is CCCn1ncnc1CN1CCC(C)(C(=O)O)C1. The van der Waals surface area contributed by atoms with Crippen LogP contribution in [0.2, 0.25) is 0 Å². The maximum Gasteiger partial charge on any atom is 0.310 e. The molecule has 0 aliphatic carbocycles. The number of aryl methyl sites for hydroxylation is 1. The number of nitrogens with zero attached hydrogens (tertiary/aromatic N) is 4. The molecule has 1 saturated heterocycles. The molecule has 1 N–H and O–H groups in total. The van der Waals surface area contributed by atoms with E-state index >= 15 is 0 Å². The highest BCUT2D eigenvalue weighted by Crippen LogP contribution is 2.30. The zero-order chi connectivity index (χ0) is 13.2. The minimum Gasteiger partial charge on any atom is -0.481 e. The van der Waals surface area contributed by atoms with Gasteiger partial charge in [-0.15, -0.1) is 0 Å². The van der Waals surface area contributed by atoms with E-state index in [2.05, 4.69) is 21.9 Å². The number of carbonyl (C=O) groups is 1. The number of hydrogen-bond acceptors (Lipinski definition) is 4. The van der Waals surface area contributed by atoms with Crippen LogP contribution in [-0.2, 0) is 17.9 Å². The van der Waals surface area contributed by atoms with Gasteiger partial charge >= 0.3 is 5.97 Å². The van der Waals surface area contributed by atoms with Crippen molar-refractivity contribution in [1.29, 1.82) is 0 Å². The first-order chi connectivity index (χ1) is 8.55. The highest BCUT2D eigenvalue weighted by Gasteiger charge is 2.40. The summed E-state index contributed by atoms with van der Waals surface area (Å²) in [5.41, 5.74) is -0.615. The van der Waals surface area contributed by atoms with Gasteiger partial charge in [0.15, 0.2) is 0 Å². The van der Waals surface area contributed by atoms with E-state index in [0.717, 1.165) is 25.3 Å². The Bertz CT molecular complexity index is 431. The molecule has 1 fully saturated rings. The van der Waals surface area contributed by atoms with Crippen LogP contribution in [-0.4, -0.2) is 43.8 Å². The fourth-order valence-electron chi connectivity index (χ4n) is 2.38. The maximum atomic E-state index is 11.2. The van der Waals surface area contributed by atoms with Gasteiger partial charge in [-0.1, -0.05) is 6.92 Å². The maximum absolute atomic E-state index is 11.2. The Morgan fingerprint density at radius 1 is 1.61 bits per heavy atom. The van der Waals surface area contributed by atoms with E-state index in [0.29, 0.717) is 19.5 Å². The van der Waals surface area contributed by atoms with Gasteiger partial charge in [-0.05, 0) is 26.3 Å². The fourth-order valence-corrected chi connectivity index (χ4v) is 2.38. The molecule has 1 aliphatic heterocycles. The first kappa shape index (κ1) is 13.0. The van der Waals surface area contributed by atoms with Crippen LogP contribution in [0.4, 0.5) is 0 Å². The van der Waals surface area contributed by atoms with Crippen molar-refractivity contribution >= 4 is 5.97 Å². The van der Waals surface area contributed by atoms with Gasteiger partial charge in [-0.2, -0.15) is 5.10 Å². The van der Waals surface area contributed by atoms with Gasteiger partial charge in [0, 0.05) is 13.1 Å². The summed E-state index contributed by atoms with van der Waals surface area (Å²) in [6, 6.07) is 0. The Morgan fingerprint density at radius 2 is 2.39 bits per heavy atom. The number of rotatable bonds is 5. The number of aliphatic carboxylic acids is 1. The van der Waals surface area contributed by atoms with Crippen LogP contribution in [0.15, 0.2) is 6.33 Å². The average Bonchev–Trinajstić information content (AvgIpc) is 2.89. The summed E-state index contributed by atoms with van der Waals surface area (Å²) >= 11 is 0. The quantitative estimate of drug-likeness (QED) is 0.846. The lowest BCUT2D eigenvalue weighted by Crippen LogP contribution is -2.32. The third-order valence-electron chi connectivity index (χ3n) is 3.56. The molecule has 0 amide bonds. The van der Waals surface area contributed by atoms with Crippen molar-refractivity contribution in [1.82, 2.24) is 19.7 Å². The van der Waals surface area contributed by atoms with Crippen molar-refractivity contribution in [3.05, 3.63) is 12.2 Å². The summed E-state index contributed by atoms with van der Waals surface area (Å²) in [6.45, 7) is 6.85. The van der Waals surface area contributed by atoms with Crippen LogP contribution < -0.4 is 0 Å². The summed E-state index contributed by atoms with van der Waals surface area (Å²) in [7, 11) is 0. The van der Waals surface area contributed by atoms with Crippen molar-refractivity contribution in [3.8, 4) is 0 Å². The Kier molecular flexibility index (Phi) is 3.65. The van der Waals surface area contributed by atoms with E-state index in [1.54, 1.807) is 6.33 Å². The predicted molar refractivity (Wildman–Crippen MR) is 65.9 cm³/mol. The largest absolute Gasteiger partial charge is 0.481 e. The second-order valence-corrected chi connectivity index (χ2v) is 5.23. The molecule has 6 heteroatoms. The molecule has 100 valence electrons. The van der Waals surface area contributed by atoms with Crippen LogP contribution in [0.5, 0.6) is 0 Å². The minimum atomic E-state index is -0.708. The Labute approximate surface area is 107 Å². The Hall–Kier alpha value is -1.43. The van der Waals surface area contributed by atoms with E-state index < -0.39 is 11.4 Å². The van der Waals surface area contributed by atoms with Crippen molar-refractivity contribution in [2.45, 2.75) is 39.8 Å². The number of hydrogen-bond donors (Lipinski definition) is 1. The number of likely N-dealkylation sites (tertiary alicyclic amines) is 1. The fraction of sp³-hybridized carbons (Fsp3) is 0.750. The van der Waals surface area contributed by atoms with Gasteiger partial charge in [0.25, 0.3) is 0 Å². The topological polar surface area (TPSA) is 71.2 Å². The molecule has 1 aliphatic rings. The zero-order valence-corrected chi connectivity index (χ0v) is 11.0. The monoisotopic (exact) mass is 252 g/mol. The Morgan fingerprint density at radius 3 is 3.00 bits per heavy atom. The molecular weight excluding hydrogens is 232 g/mol. The highest BCUT2D eigenvalue weighted by molar-refractivity contribution is 5.74. The number of aromatic nitrogens is 3.